The van der Waals surface area contributed by atoms with Crippen molar-refractivity contribution in [3.8, 4) is 0 Å². The van der Waals surface area contributed by atoms with Crippen molar-refractivity contribution >= 4 is 5.97 Å². The fourth-order valence-corrected chi connectivity index (χ4v) is 2.18. The minimum atomic E-state index is -2.77. The predicted molar refractivity (Wildman–Crippen MR) is 75.0 cm³/mol. The van der Waals surface area contributed by atoms with Gasteiger partial charge >= 0.3 is 11.6 Å². The number of nitrogens with two attached hydrogens (primary N) is 2. The number of carboxylic acid groups (broad SMARTS) is 1. The molecule has 120 valence electrons. The molecule has 0 fully saturated rings. The van der Waals surface area contributed by atoms with E-state index in [1.807, 2.05) is 0 Å². The van der Waals surface area contributed by atoms with E-state index in [-0.39, 0.29) is 12.1 Å². The molecule has 0 radical (unpaired) electrons. The Morgan fingerprint density at radius 3 is 2.05 bits per heavy atom. The van der Waals surface area contributed by atoms with Gasteiger partial charge < -0.3 is 16.6 Å². The summed E-state index contributed by atoms with van der Waals surface area (Å²) in [5, 5.41) is 31.9. The molecule has 0 aliphatic rings. The first-order valence-electron chi connectivity index (χ1n) is 6.27. The van der Waals surface area contributed by atoms with Gasteiger partial charge in [-0.3, -0.25) is 20.2 Å². The van der Waals surface area contributed by atoms with Crippen LogP contribution in [0.5, 0.6) is 0 Å². The van der Waals surface area contributed by atoms with Gasteiger partial charge in [0.1, 0.15) is 12.8 Å². The molecule has 22 heavy (non-hydrogen) atoms. The Labute approximate surface area is 125 Å². The van der Waals surface area contributed by atoms with Gasteiger partial charge in [-0.1, -0.05) is 30.3 Å². The van der Waals surface area contributed by atoms with Crippen LogP contribution in [-0.2, 0) is 10.3 Å². The minimum absolute atomic E-state index is 0.0348. The number of rotatable bonds is 8. The quantitative estimate of drug-likeness (QED) is 0.339. The van der Waals surface area contributed by atoms with Crippen molar-refractivity contribution in [3.63, 3.8) is 0 Å². The van der Waals surface area contributed by atoms with E-state index in [1.54, 1.807) is 6.07 Å². The Hall–Kier alpha value is -2.59. The number of hydrogen-bond acceptors (Lipinski definition) is 7. The molecule has 0 aliphatic carbocycles. The normalized spacial score (nSPS) is 14.1. The highest BCUT2D eigenvalue weighted by atomic mass is 16.7. The number of aliphatic carboxylic acids is 1. The van der Waals surface area contributed by atoms with Crippen molar-refractivity contribution in [1.29, 1.82) is 0 Å². The highest BCUT2D eigenvalue weighted by molar-refractivity contribution is 5.80. The first kappa shape index (κ1) is 17.5. The number of nitro groups is 2. The van der Waals surface area contributed by atoms with Crippen molar-refractivity contribution in [3.05, 3.63) is 56.1 Å². The van der Waals surface area contributed by atoms with Crippen LogP contribution in [0.3, 0.4) is 0 Å². The second-order valence-corrected chi connectivity index (χ2v) is 4.85. The molecule has 0 bridgehead atoms. The molecule has 1 rings (SSSR count). The molecule has 1 aromatic carbocycles. The molecule has 10 heteroatoms. The summed E-state index contributed by atoms with van der Waals surface area (Å²) in [6.45, 7) is -0.355. The summed E-state index contributed by atoms with van der Waals surface area (Å²) in [7, 11) is 0. The van der Waals surface area contributed by atoms with Crippen molar-refractivity contribution in [1.82, 2.24) is 0 Å². The van der Waals surface area contributed by atoms with Crippen LogP contribution in [0.1, 0.15) is 18.4 Å². The fraction of sp³-hybridized carbons (Fsp3) is 0.417. The third-order valence-corrected chi connectivity index (χ3v) is 3.46. The Balaban J connectivity index is 3.41. The molecule has 0 heterocycles. The van der Waals surface area contributed by atoms with Crippen LogP contribution in [0.2, 0.25) is 0 Å². The van der Waals surface area contributed by atoms with Gasteiger partial charge in [-0.05, 0) is 5.56 Å². The fourth-order valence-electron chi connectivity index (χ4n) is 2.18. The second kappa shape index (κ2) is 6.45. The molecule has 0 amide bonds. The van der Waals surface area contributed by atoms with Crippen LogP contribution in [0.4, 0.5) is 0 Å². The summed E-state index contributed by atoms with van der Waals surface area (Å²) in [5.74, 6) is -1.59. The Bertz CT molecular complexity index is 564. The average Bonchev–Trinajstić information content (AvgIpc) is 2.46. The highest BCUT2D eigenvalue weighted by Crippen LogP contribution is 2.33. The molecule has 0 aromatic heterocycles. The summed E-state index contributed by atoms with van der Waals surface area (Å²) in [6.07, 6.45) is -1.65. The molecule has 1 aromatic rings. The van der Waals surface area contributed by atoms with Crippen LogP contribution >= 0.6 is 0 Å². The number of hydrogen-bond donors (Lipinski definition) is 3. The van der Waals surface area contributed by atoms with E-state index < -0.39 is 39.9 Å². The lowest BCUT2D eigenvalue weighted by Crippen LogP contribution is -2.58. The second-order valence-electron chi connectivity index (χ2n) is 4.85. The molecule has 5 N–H and O–H groups in total. The van der Waals surface area contributed by atoms with Gasteiger partial charge in [0, 0.05) is 6.54 Å². The van der Waals surface area contributed by atoms with Crippen molar-refractivity contribution in [2.75, 3.05) is 6.54 Å². The van der Waals surface area contributed by atoms with Crippen molar-refractivity contribution < 1.29 is 19.7 Å². The number of carbonyl (C=O) groups is 1. The van der Waals surface area contributed by atoms with Crippen LogP contribution in [0, 0.1) is 20.2 Å². The predicted octanol–water partition coefficient (Wildman–Crippen LogP) is -0.0862. The molecule has 0 saturated carbocycles. The van der Waals surface area contributed by atoms with E-state index in [0.717, 1.165) is 0 Å². The van der Waals surface area contributed by atoms with E-state index in [9.17, 15) is 30.1 Å². The number of nitrogens with zero attached hydrogens (tertiary/aromatic N) is 2. The first-order valence-corrected chi connectivity index (χ1v) is 6.27. The third-order valence-electron chi connectivity index (χ3n) is 3.46. The summed E-state index contributed by atoms with van der Waals surface area (Å²) >= 11 is 0. The lowest BCUT2D eigenvalue weighted by atomic mass is 9.81. The van der Waals surface area contributed by atoms with Crippen molar-refractivity contribution in [2.24, 2.45) is 11.5 Å². The third kappa shape index (κ3) is 3.02. The SMILES string of the molecule is NCCC(C[C@](N)(C(=O)O)c1ccccc1)([N+](=O)[O-])[N+](=O)[O-]. The summed E-state index contributed by atoms with van der Waals surface area (Å²) in [5.41, 5.74) is 6.02. The van der Waals surface area contributed by atoms with Gasteiger partial charge in [0.15, 0.2) is 5.54 Å². The van der Waals surface area contributed by atoms with Gasteiger partial charge in [-0.25, -0.2) is 4.79 Å². The molecule has 0 unspecified atom stereocenters. The topological polar surface area (TPSA) is 176 Å². The van der Waals surface area contributed by atoms with Gasteiger partial charge in [-0.15, -0.1) is 0 Å². The lowest BCUT2D eigenvalue weighted by Gasteiger charge is -2.28. The zero-order valence-corrected chi connectivity index (χ0v) is 11.5. The Morgan fingerprint density at radius 1 is 1.18 bits per heavy atom. The Kier molecular flexibility index (Phi) is 5.12. The van der Waals surface area contributed by atoms with Crippen molar-refractivity contribution in [2.45, 2.75) is 24.0 Å². The smallest absolute Gasteiger partial charge is 0.462 e. The highest BCUT2D eigenvalue weighted by Gasteiger charge is 2.61. The summed E-state index contributed by atoms with van der Waals surface area (Å²) < 4.78 is 0. The monoisotopic (exact) mass is 312 g/mol. The van der Waals surface area contributed by atoms with E-state index >= 15 is 0 Å². The maximum atomic E-state index is 11.5. The van der Waals surface area contributed by atoms with E-state index in [0.29, 0.717) is 0 Å². The summed E-state index contributed by atoms with van der Waals surface area (Å²) in [4.78, 5) is 31.8. The standard InChI is InChI=1S/C12H16N4O6/c13-7-6-11(15(19)20,16(21)22)8-12(14,10(17)18)9-4-2-1-3-5-9/h1-5H,6-8,13-14H2,(H,17,18)/t12-/m1/s1. The summed E-state index contributed by atoms with van der Waals surface area (Å²) in [6, 6.07) is 7.27. The zero-order chi connectivity index (χ0) is 17.0. The number of benzene rings is 1. The lowest BCUT2D eigenvalue weighted by molar-refractivity contribution is -0.799. The average molecular weight is 312 g/mol. The Morgan fingerprint density at radius 2 is 1.68 bits per heavy atom. The maximum Gasteiger partial charge on any atom is 0.462 e. The largest absolute Gasteiger partial charge is 0.480 e. The molecule has 0 saturated heterocycles. The van der Waals surface area contributed by atoms with Gasteiger partial charge in [0.25, 0.3) is 0 Å². The molecular weight excluding hydrogens is 296 g/mol. The van der Waals surface area contributed by atoms with Gasteiger partial charge in [0.2, 0.25) is 0 Å². The minimum Gasteiger partial charge on any atom is -0.480 e. The van der Waals surface area contributed by atoms with E-state index in [2.05, 4.69) is 0 Å². The van der Waals surface area contributed by atoms with Crippen LogP contribution in [0.25, 0.3) is 0 Å². The zero-order valence-electron chi connectivity index (χ0n) is 11.5. The molecule has 0 spiro atoms. The number of carboxylic acids is 1. The maximum absolute atomic E-state index is 11.5. The first-order chi connectivity index (χ1) is 10.2. The van der Waals surface area contributed by atoms with E-state index in [1.165, 1.54) is 24.3 Å². The van der Waals surface area contributed by atoms with Crippen LogP contribution < -0.4 is 11.5 Å². The molecular formula is C12H16N4O6. The van der Waals surface area contributed by atoms with E-state index in [4.69, 9.17) is 11.5 Å². The van der Waals surface area contributed by atoms with Gasteiger partial charge in [-0.2, -0.15) is 0 Å². The van der Waals surface area contributed by atoms with Gasteiger partial charge in [0.05, 0.1) is 9.85 Å². The molecule has 0 aliphatic heterocycles. The molecule has 10 nitrogen and oxygen atoms in total. The van der Waals surface area contributed by atoms with Crippen LogP contribution in [0.15, 0.2) is 30.3 Å². The van der Waals surface area contributed by atoms with Crippen LogP contribution in [-0.4, -0.2) is 33.1 Å². The molecule has 1 atom stereocenters.